The molecule has 0 amide bonds. The minimum atomic E-state index is 0.402. The molecule has 20 heavy (non-hydrogen) atoms. The number of aryl methyl sites for hydroxylation is 1. The number of hydrogen-bond acceptors (Lipinski definition) is 2. The first kappa shape index (κ1) is 13.7. The first-order chi connectivity index (χ1) is 9.70. The maximum Gasteiger partial charge on any atom is 0.119 e. The zero-order valence-electron chi connectivity index (χ0n) is 12.5. The van der Waals surface area contributed by atoms with Crippen LogP contribution in [0.1, 0.15) is 25.3 Å². The van der Waals surface area contributed by atoms with E-state index in [1.165, 1.54) is 18.4 Å². The zero-order chi connectivity index (χ0) is 13.9. The van der Waals surface area contributed by atoms with E-state index >= 15 is 0 Å². The Bertz CT molecular complexity index is 465. The fourth-order valence-electron chi connectivity index (χ4n) is 3.40. The van der Waals surface area contributed by atoms with Crippen LogP contribution in [-0.2, 0) is 0 Å². The summed E-state index contributed by atoms with van der Waals surface area (Å²) in [5.41, 5.74) is 1.27. The van der Waals surface area contributed by atoms with Gasteiger partial charge in [0.25, 0.3) is 0 Å². The summed E-state index contributed by atoms with van der Waals surface area (Å²) in [7, 11) is 0. The largest absolute Gasteiger partial charge is 0.492 e. The molecule has 0 aliphatic heterocycles. The molecule has 1 N–H and O–H groups in total. The maximum absolute atomic E-state index is 5.82. The fraction of sp³-hybridized carbons (Fsp3) is 0.556. The van der Waals surface area contributed by atoms with E-state index in [9.17, 15) is 0 Å². The van der Waals surface area contributed by atoms with Gasteiger partial charge in [0, 0.05) is 6.04 Å². The Morgan fingerprint density at radius 1 is 1.20 bits per heavy atom. The van der Waals surface area contributed by atoms with Gasteiger partial charge < -0.3 is 10.1 Å². The molecule has 4 atom stereocenters. The topological polar surface area (TPSA) is 21.3 Å². The van der Waals surface area contributed by atoms with Crippen molar-refractivity contribution in [2.24, 2.45) is 17.8 Å². The van der Waals surface area contributed by atoms with Gasteiger partial charge in [0.15, 0.2) is 0 Å². The second-order valence-electron chi connectivity index (χ2n) is 6.47. The number of hydrogen-bond donors (Lipinski definition) is 1. The third-order valence-electron chi connectivity index (χ3n) is 4.67. The normalized spacial score (nSPS) is 28.8. The van der Waals surface area contributed by atoms with Gasteiger partial charge in [-0.05, 0) is 63.1 Å². The fourth-order valence-corrected chi connectivity index (χ4v) is 3.40. The Kier molecular flexibility index (Phi) is 4.11. The highest BCUT2D eigenvalue weighted by molar-refractivity contribution is 5.26. The molecule has 2 heteroatoms. The van der Waals surface area contributed by atoms with Crippen molar-refractivity contribution >= 4 is 0 Å². The number of ether oxygens (including phenoxy) is 1. The van der Waals surface area contributed by atoms with Crippen LogP contribution in [0.5, 0.6) is 5.75 Å². The van der Waals surface area contributed by atoms with E-state index < -0.39 is 0 Å². The van der Waals surface area contributed by atoms with Crippen molar-refractivity contribution in [2.45, 2.75) is 32.7 Å². The zero-order valence-corrected chi connectivity index (χ0v) is 12.5. The molecule has 1 fully saturated rings. The summed E-state index contributed by atoms with van der Waals surface area (Å²) in [6.07, 6.45) is 7.60. The summed E-state index contributed by atoms with van der Waals surface area (Å²) in [4.78, 5) is 0. The Morgan fingerprint density at radius 3 is 2.65 bits per heavy atom. The van der Waals surface area contributed by atoms with Crippen molar-refractivity contribution in [3.8, 4) is 5.75 Å². The van der Waals surface area contributed by atoms with Crippen LogP contribution in [0.25, 0.3) is 0 Å². The third kappa shape index (κ3) is 3.24. The van der Waals surface area contributed by atoms with Crippen LogP contribution in [0.3, 0.4) is 0 Å². The van der Waals surface area contributed by atoms with Crippen molar-refractivity contribution in [3.63, 3.8) is 0 Å². The SMILES string of the molecule is Cc1ccc(OCC(C)NCC2CC3C=CC2C3)cc1. The van der Waals surface area contributed by atoms with E-state index in [1.807, 2.05) is 12.1 Å². The van der Waals surface area contributed by atoms with E-state index in [-0.39, 0.29) is 0 Å². The van der Waals surface area contributed by atoms with Crippen LogP contribution in [0, 0.1) is 24.7 Å². The van der Waals surface area contributed by atoms with Gasteiger partial charge in [0.1, 0.15) is 12.4 Å². The number of rotatable bonds is 6. The number of allylic oxidation sites excluding steroid dienone is 2. The second-order valence-corrected chi connectivity index (χ2v) is 6.47. The number of benzene rings is 1. The van der Waals surface area contributed by atoms with E-state index in [2.05, 4.69) is 43.4 Å². The molecule has 3 rings (SSSR count). The van der Waals surface area contributed by atoms with Crippen molar-refractivity contribution in [3.05, 3.63) is 42.0 Å². The molecule has 0 saturated heterocycles. The third-order valence-corrected chi connectivity index (χ3v) is 4.67. The number of fused-ring (bicyclic) bond motifs is 2. The summed E-state index contributed by atoms with van der Waals surface area (Å²) in [6, 6.07) is 8.68. The lowest BCUT2D eigenvalue weighted by atomic mass is 9.93. The van der Waals surface area contributed by atoms with Crippen LogP contribution in [0.2, 0.25) is 0 Å². The van der Waals surface area contributed by atoms with Gasteiger partial charge in [0.05, 0.1) is 0 Å². The Morgan fingerprint density at radius 2 is 2.00 bits per heavy atom. The lowest BCUT2D eigenvalue weighted by molar-refractivity contribution is 0.262. The Balaban J connectivity index is 1.38. The standard InChI is InChI=1S/C18H25NO/c1-13-3-7-18(8-4-13)20-12-14(2)19-11-17-10-15-5-6-16(17)9-15/h3-8,14-17,19H,9-12H2,1-2H3. The molecular formula is C18H25NO. The summed E-state index contributed by atoms with van der Waals surface area (Å²) in [6.45, 7) is 6.17. The van der Waals surface area contributed by atoms with Crippen LogP contribution in [0.15, 0.2) is 36.4 Å². The number of nitrogens with one attached hydrogen (secondary N) is 1. The highest BCUT2D eigenvalue weighted by atomic mass is 16.5. The van der Waals surface area contributed by atoms with Gasteiger partial charge in [-0.15, -0.1) is 0 Å². The van der Waals surface area contributed by atoms with Crippen molar-refractivity contribution in [1.29, 1.82) is 0 Å². The Hall–Kier alpha value is -1.28. The molecule has 2 aliphatic rings. The van der Waals surface area contributed by atoms with Gasteiger partial charge in [-0.3, -0.25) is 0 Å². The summed E-state index contributed by atoms with van der Waals surface area (Å²) >= 11 is 0. The highest BCUT2D eigenvalue weighted by Gasteiger charge is 2.35. The van der Waals surface area contributed by atoms with E-state index in [0.29, 0.717) is 6.04 Å². The van der Waals surface area contributed by atoms with Crippen LogP contribution in [0.4, 0.5) is 0 Å². The molecular weight excluding hydrogens is 246 g/mol. The van der Waals surface area contributed by atoms with Gasteiger partial charge >= 0.3 is 0 Å². The quantitative estimate of drug-likeness (QED) is 0.799. The molecule has 1 aromatic carbocycles. The van der Waals surface area contributed by atoms with E-state index in [1.54, 1.807) is 0 Å². The molecule has 2 bridgehead atoms. The van der Waals surface area contributed by atoms with Crippen molar-refractivity contribution in [2.75, 3.05) is 13.2 Å². The second kappa shape index (κ2) is 6.01. The molecule has 0 radical (unpaired) electrons. The summed E-state index contributed by atoms with van der Waals surface area (Å²) in [5, 5.41) is 3.63. The van der Waals surface area contributed by atoms with Crippen molar-refractivity contribution < 1.29 is 4.74 Å². The molecule has 2 aliphatic carbocycles. The summed E-state index contributed by atoms with van der Waals surface area (Å²) in [5.74, 6) is 3.50. The molecule has 1 saturated carbocycles. The minimum Gasteiger partial charge on any atom is -0.492 e. The molecule has 108 valence electrons. The smallest absolute Gasteiger partial charge is 0.119 e. The Labute approximate surface area is 122 Å². The van der Waals surface area contributed by atoms with Gasteiger partial charge in [-0.25, -0.2) is 0 Å². The predicted molar refractivity (Wildman–Crippen MR) is 83.0 cm³/mol. The average molecular weight is 271 g/mol. The van der Waals surface area contributed by atoms with E-state index in [4.69, 9.17) is 4.74 Å². The van der Waals surface area contributed by atoms with Crippen LogP contribution >= 0.6 is 0 Å². The molecule has 0 spiro atoms. The van der Waals surface area contributed by atoms with E-state index in [0.717, 1.165) is 36.7 Å². The lowest BCUT2D eigenvalue weighted by Crippen LogP contribution is -2.36. The first-order valence-corrected chi connectivity index (χ1v) is 7.82. The summed E-state index contributed by atoms with van der Waals surface area (Å²) < 4.78 is 5.82. The molecule has 2 nitrogen and oxygen atoms in total. The van der Waals surface area contributed by atoms with Gasteiger partial charge in [-0.2, -0.15) is 0 Å². The van der Waals surface area contributed by atoms with Crippen LogP contribution in [-0.4, -0.2) is 19.2 Å². The minimum absolute atomic E-state index is 0.402. The predicted octanol–water partition coefficient (Wildman–Crippen LogP) is 3.56. The maximum atomic E-state index is 5.82. The molecule has 1 aromatic rings. The monoisotopic (exact) mass is 271 g/mol. The first-order valence-electron chi connectivity index (χ1n) is 7.82. The van der Waals surface area contributed by atoms with Gasteiger partial charge in [-0.1, -0.05) is 29.8 Å². The van der Waals surface area contributed by atoms with Crippen LogP contribution < -0.4 is 10.1 Å². The van der Waals surface area contributed by atoms with Crippen molar-refractivity contribution in [1.82, 2.24) is 5.32 Å². The van der Waals surface area contributed by atoms with Gasteiger partial charge in [0.2, 0.25) is 0 Å². The molecule has 0 heterocycles. The lowest BCUT2D eigenvalue weighted by Gasteiger charge is -2.22. The molecule has 0 aromatic heterocycles. The average Bonchev–Trinajstić information content (AvgIpc) is 3.07. The highest BCUT2D eigenvalue weighted by Crippen LogP contribution is 2.42. The molecule has 4 unspecified atom stereocenters.